The fourth-order valence-corrected chi connectivity index (χ4v) is 3.68. The molecule has 2 unspecified atom stereocenters. The molecule has 3 N–H and O–H groups in total. The normalized spacial score (nSPS) is 25.9. The Hall–Kier alpha value is -1.22. The molecule has 1 saturated carbocycles. The molecule has 1 aromatic rings. The number of benzene rings is 1. The van der Waals surface area contributed by atoms with Crippen LogP contribution in [0.1, 0.15) is 46.0 Å². The van der Waals surface area contributed by atoms with Gasteiger partial charge in [-0.2, -0.15) is 0 Å². The number of hydrogen-bond acceptors (Lipinski definition) is 3. The van der Waals surface area contributed by atoms with E-state index in [1.54, 1.807) is 7.11 Å². The van der Waals surface area contributed by atoms with Gasteiger partial charge in [0, 0.05) is 17.8 Å². The molecule has 0 spiro atoms. The third kappa shape index (κ3) is 4.37. The number of nitrogens with two attached hydrogens (primary N) is 1. The molecule has 1 aromatic carbocycles. The minimum Gasteiger partial charge on any atom is -0.497 e. The van der Waals surface area contributed by atoms with Crippen LogP contribution in [0.5, 0.6) is 5.75 Å². The van der Waals surface area contributed by atoms with E-state index in [0.717, 1.165) is 23.3 Å². The molecule has 3 heteroatoms. The molecule has 1 aliphatic carbocycles. The first kappa shape index (κ1) is 16.2. The first-order valence-corrected chi connectivity index (χ1v) is 8.19. The number of ether oxygens (including phenoxy) is 1. The Labute approximate surface area is 129 Å². The zero-order valence-electron chi connectivity index (χ0n) is 13.7. The lowest BCUT2D eigenvalue weighted by Crippen LogP contribution is -2.49. The van der Waals surface area contributed by atoms with Crippen molar-refractivity contribution in [2.24, 2.45) is 17.6 Å². The minimum atomic E-state index is 0.0619. The molecule has 0 saturated heterocycles. The highest BCUT2D eigenvalue weighted by Gasteiger charge is 2.35. The van der Waals surface area contributed by atoms with E-state index >= 15 is 0 Å². The van der Waals surface area contributed by atoms with Crippen LogP contribution >= 0.6 is 0 Å². The third-order valence-corrected chi connectivity index (χ3v) is 4.64. The highest BCUT2D eigenvalue weighted by atomic mass is 16.5. The van der Waals surface area contributed by atoms with Gasteiger partial charge >= 0.3 is 0 Å². The van der Waals surface area contributed by atoms with E-state index in [4.69, 9.17) is 10.5 Å². The third-order valence-electron chi connectivity index (χ3n) is 4.64. The molecule has 1 fully saturated rings. The predicted octanol–water partition coefficient (Wildman–Crippen LogP) is 4.04. The summed E-state index contributed by atoms with van der Waals surface area (Å²) in [5.74, 6) is 2.46. The van der Waals surface area contributed by atoms with E-state index in [1.807, 2.05) is 12.1 Å². The molecule has 0 amide bonds. The van der Waals surface area contributed by atoms with Gasteiger partial charge in [-0.25, -0.2) is 0 Å². The van der Waals surface area contributed by atoms with Crippen LogP contribution in [0.15, 0.2) is 24.3 Å². The van der Waals surface area contributed by atoms with Gasteiger partial charge in [0.1, 0.15) is 5.75 Å². The zero-order valence-corrected chi connectivity index (χ0v) is 13.7. The first-order chi connectivity index (χ1) is 10.1. The summed E-state index contributed by atoms with van der Waals surface area (Å²) in [7, 11) is 1.70. The Morgan fingerprint density at radius 2 is 2.05 bits per heavy atom. The lowest BCUT2D eigenvalue weighted by atomic mass is 9.73. The maximum atomic E-state index is 6.15. The van der Waals surface area contributed by atoms with E-state index in [2.05, 4.69) is 31.3 Å². The molecule has 118 valence electrons. The van der Waals surface area contributed by atoms with E-state index < -0.39 is 0 Å². The number of rotatable bonds is 6. The van der Waals surface area contributed by atoms with Crippen LogP contribution in [-0.2, 0) is 0 Å². The standard InChI is InChI=1S/C18H30N2O/c1-14(2)11-15-5-4-10-18(12-15,13-19)20-16-6-8-17(21-3)9-7-16/h6-9,14-15,20H,4-5,10-13,19H2,1-3H3. The van der Waals surface area contributed by atoms with E-state index in [-0.39, 0.29) is 5.54 Å². The number of anilines is 1. The summed E-state index contributed by atoms with van der Waals surface area (Å²) >= 11 is 0. The van der Waals surface area contributed by atoms with Crippen LogP contribution in [-0.4, -0.2) is 19.2 Å². The Morgan fingerprint density at radius 3 is 2.62 bits per heavy atom. The van der Waals surface area contributed by atoms with Crippen molar-refractivity contribution >= 4 is 5.69 Å². The van der Waals surface area contributed by atoms with E-state index in [1.165, 1.54) is 32.1 Å². The van der Waals surface area contributed by atoms with Gasteiger partial charge in [-0.05, 0) is 55.4 Å². The second kappa shape index (κ2) is 7.17. The van der Waals surface area contributed by atoms with E-state index in [0.29, 0.717) is 6.54 Å². The quantitative estimate of drug-likeness (QED) is 0.831. The fraction of sp³-hybridized carbons (Fsp3) is 0.667. The molecule has 21 heavy (non-hydrogen) atoms. The Morgan fingerprint density at radius 1 is 1.33 bits per heavy atom. The molecule has 0 radical (unpaired) electrons. The Balaban J connectivity index is 2.05. The smallest absolute Gasteiger partial charge is 0.119 e. The highest BCUT2D eigenvalue weighted by Crippen LogP contribution is 2.37. The summed E-state index contributed by atoms with van der Waals surface area (Å²) in [5.41, 5.74) is 7.35. The molecular weight excluding hydrogens is 260 g/mol. The Kier molecular flexibility index (Phi) is 5.51. The van der Waals surface area contributed by atoms with Crippen molar-refractivity contribution in [2.45, 2.75) is 51.5 Å². The fourth-order valence-electron chi connectivity index (χ4n) is 3.68. The number of methoxy groups -OCH3 is 1. The molecular formula is C18H30N2O. The zero-order chi connectivity index (χ0) is 15.3. The topological polar surface area (TPSA) is 47.3 Å². The molecule has 0 aliphatic heterocycles. The maximum absolute atomic E-state index is 6.15. The van der Waals surface area contributed by atoms with Crippen molar-refractivity contribution in [3.05, 3.63) is 24.3 Å². The van der Waals surface area contributed by atoms with Crippen LogP contribution in [0, 0.1) is 11.8 Å². The molecule has 1 aliphatic rings. The van der Waals surface area contributed by atoms with Crippen LogP contribution in [0.3, 0.4) is 0 Å². The summed E-state index contributed by atoms with van der Waals surface area (Å²) in [4.78, 5) is 0. The summed E-state index contributed by atoms with van der Waals surface area (Å²) in [6, 6.07) is 8.17. The monoisotopic (exact) mass is 290 g/mol. The molecule has 2 atom stereocenters. The summed E-state index contributed by atoms with van der Waals surface area (Å²) < 4.78 is 5.22. The average molecular weight is 290 g/mol. The van der Waals surface area contributed by atoms with Crippen LogP contribution in [0.4, 0.5) is 5.69 Å². The highest BCUT2D eigenvalue weighted by molar-refractivity contribution is 5.48. The summed E-state index contributed by atoms with van der Waals surface area (Å²) in [6.45, 7) is 5.33. The number of nitrogens with one attached hydrogen (secondary N) is 1. The van der Waals surface area contributed by atoms with Crippen LogP contribution < -0.4 is 15.8 Å². The average Bonchev–Trinajstić information content (AvgIpc) is 2.47. The van der Waals surface area contributed by atoms with Crippen molar-refractivity contribution in [3.8, 4) is 5.75 Å². The lowest BCUT2D eigenvalue weighted by Gasteiger charge is -2.42. The molecule has 0 aromatic heterocycles. The predicted molar refractivity (Wildman–Crippen MR) is 89.8 cm³/mol. The van der Waals surface area contributed by atoms with Crippen LogP contribution in [0.2, 0.25) is 0 Å². The van der Waals surface area contributed by atoms with Gasteiger partial charge in [0.05, 0.1) is 7.11 Å². The van der Waals surface area contributed by atoms with Crippen LogP contribution in [0.25, 0.3) is 0 Å². The van der Waals surface area contributed by atoms with Crippen molar-refractivity contribution in [2.75, 3.05) is 19.0 Å². The minimum absolute atomic E-state index is 0.0619. The largest absolute Gasteiger partial charge is 0.497 e. The van der Waals surface area contributed by atoms with Crippen molar-refractivity contribution in [3.63, 3.8) is 0 Å². The van der Waals surface area contributed by atoms with Crippen molar-refractivity contribution in [1.82, 2.24) is 0 Å². The molecule has 0 heterocycles. The van der Waals surface area contributed by atoms with E-state index in [9.17, 15) is 0 Å². The maximum Gasteiger partial charge on any atom is 0.119 e. The van der Waals surface area contributed by atoms with Crippen molar-refractivity contribution < 1.29 is 4.74 Å². The van der Waals surface area contributed by atoms with Gasteiger partial charge in [0.2, 0.25) is 0 Å². The molecule has 2 rings (SSSR count). The molecule has 3 nitrogen and oxygen atoms in total. The second-order valence-corrected chi connectivity index (χ2v) is 6.93. The van der Waals surface area contributed by atoms with Gasteiger partial charge in [-0.3, -0.25) is 0 Å². The Bertz CT molecular complexity index is 429. The number of hydrogen-bond donors (Lipinski definition) is 2. The summed E-state index contributed by atoms with van der Waals surface area (Å²) in [5, 5.41) is 3.72. The van der Waals surface area contributed by atoms with Gasteiger partial charge in [0.15, 0.2) is 0 Å². The molecule has 0 bridgehead atoms. The van der Waals surface area contributed by atoms with Gasteiger partial charge in [-0.1, -0.05) is 26.7 Å². The van der Waals surface area contributed by atoms with Gasteiger partial charge in [0.25, 0.3) is 0 Å². The van der Waals surface area contributed by atoms with Gasteiger partial charge in [-0.15, -0.1) is 0 Å². The summed E-state index contributed by atoms with van der Waals surface area (Å²) in [6.07, 6.45) is 6.30. The first-order valence-electron chi connectivity index (χ1n) is 8.19. The van der Waals surface area contributed by atoms with Gasteiger partial charge < -0.3 is 15.8 Å². The lowest BCUT2D eigenvalue weighted by molar-refractivity contribution is 0.222. The van der Waals surface area contributed by atoms with Crippen molar-refractivity contribution in [1.29, 1.82) is 0 Å². The second-order valence-electron chi connectivity index (χ2n) is 6.93. The SMILES string of the molecule is COc1ccc(NC2(CN)CCCC(CC(C)C)C2)cc1.